The van der Waals surface area contributed by atoms with Gasteiger partial charge in [-0.2, -0.15) is 0 Å². The highest BCUT2D eigenvalue weighted by molar-refractivity contribution is 5.67. The molecule has 0 saturated carbocycles. The van der Waals surface area contributed by atoms with Gasteiger partial charge in [0.05, 0.1) is 5.54 Å². The molecule has 6 N–H and O–H groups in total. The molecule has 0 saturated heterocycles. The Labute approximate surface area is 172 Å². The van der Waals surface area contributed by atoms with E-state index in [0.717, 1.165) is 0 Å². The third kappa shape index (κ3) is 5.00. The average molecular weight is 411 g/mol. The zero-order chi connectivity index (χ0) is 22.7. The third-order valence-electron chi connectivity index (χ3n) is 5.51. The topological polar surface area (TPSA) is 139 Å². The summed E-state index contributed by atoms with van der Waals surface area (Å²) in [5.74, 6) is 0. The van der Waals surface area contributed by atoms with Crippen LogP contribution in [0.2, 0.25) is 0 Å². The molecular weight excluding hydrogens is 376 g/mol. The van der Waals surface area contributed by atoms with E-state index in [4.69, 9.17) is 5.11 Å². The molecule has 29 heavy (non-hydrogen) atoms. The molecule has 2 atom stereocenters. The number of carbonyl (C=O) groups is 2. The molecule has 0 aliphatic carbocycles. The lowest BCUT2D eigenvalue weighted by molar-refractivity contribution is -0.197. The fraction of sp³-hybridized carbons (Fsp3) is 0.619. The Morgan fingerprint density at radius 3 is 1.79 bits per heavy atom. The van der Waals surface area contributed by atoms with E-state index in [9.17, 15) is 24.9 Å². The van der Waals surface area contributed by atoms with E-state index in [0.29, 0.717) is 5.56 Å². The highest BCUT2D eigenvalue weighted by atomic mass is 16.4. The number of hydrogen-bond acceptors (Lipinski definition) is 4. The largest absolute Gasteiger partial charge is 0.465 e. The lowest BCUT2D eigenvalue weighted by Gasteiger charge is -2.62. The predicted octanol–water partition coefficient (Wildman–Crippen LogP) is 2.69. The Kier molecular flexibility index (Phi) is 7.32. The molecule has 0 bridgehead atoms. The summed E-state index contributed by atoms with van der Waals surface area (Å²) in [7, 11) is 0. The average Bonchev–Trinajstić information content (AvgIpc) is 2.55. The van der Waals surface area contributed by atoms with Crippen LogP contribution >= 0.6 is 0 Å². The van der Waals surface area contributed by atoms with Gasteiger partial charge in [-0.1, -0.05) is 71.9 Å². The Bertz CT molecular complexity index is 694. The Hall–Kier alpha value is -2.32. The van der Waals surface area contributed by atoms with E-state index in [1.54, 1.807) is 71.9 Å². The summed E-state index contributed by atoms with van der Waals surface area (Å²) in [5, 5.41) is 46.4. The number of aliphatic hydroxyl groups excluding tert-OH is 1. The van der Waals surface area contributed by atoms with Gasteiger partial charge >= 0.3 is 12.2 Å². The molecule has 1 rings (SSSR count). The lowest BCUT2D eigenvalue weighted by Crippen LogP contribution is -2.80. The predicted molar refractivity (Wildman–Crippen MR) is 110 cm³/mol. The fourth-order valence-electron chi connectivity index (χ4n) is 4.83. The second-order valence-corrected chi connectivity index (χ2v) is 9.47. The van der Waals surface area contributed by atoms with E-state index in [-0.39, 0.29) is 6.42 Å². The molecule has 0 fully saturated rings. The summed E-state index contributed by atoms with van der Waals surface area (Å²) in [6.45, 7) is 10.2. The first-order valence-electron chi connectivity index (χ1n) is 9.51. The molecule has 2 unspecified atom stereocenters. The normalized spacial score (nSPS) is 15.9. The molecule has 1 aromatic carbocycles. The van der Waals surface area contributed by atoms with Gasteiger partial charge in [0, 0.05) is 13.0 Å². The van der Waals surface area contributed by atoms with Crippen molar-refractivity contribution in [1.82, 2.24) is 10.6 Å². The van der Waals surface area contributed by atoms with Crippen LogP contribution in [0.1, 0.15) is 47.1 Å². The summed E-state index contributed by atoms with van der Waals surface area (Å²) in [4.78, 5) is 22.9. The highest BCUT2D eigenvalue weighted by Crippen LogP contribution is 2.52. The van der Waals surface area contributed by atoms with E-state index >= 15 is 0 Å². The molecule has 0 aliphatic rings. The molecule has 0 spiro atoms. The summed E-state index contributed by atoms with van der Waals surface area (Å²) in [6.07, 6.45) is -4.39. The van der Waals surface area contributed by atoms with E-state index < -0.39 is 46.8 Å². The van der Waals surface area contributed by atoms with Gasteiger partial charge in [0.2, 0.25) is 0 Å². The minimum atomic E-state index is -2.05. The molecule has 0 aliphatic heterocycles. The van der Waals surface area contributed by atoms with Crippen molar-refractivity contribution in [3.63, 3.8) is 0 Å². The van der Waals surface area contributed by atoms with Crippen LogP contribution in [0.4, 0.5) is 9.59 Å². The lowest BCUT2D eigenvalue weighted by atomic mass is 9.50. The molecule has 8 nitrogen and oxygen atoms in total. The summed E-state index contributed by atoms with van der Waals surface area (Å²) < 4.78 is 0. The van der Waals surface area contributed by atoms with Crippen molar-refractivity contribution >= 4 is 12.2 Å². The van der Waals surface area contributed by atoms with Gasteiger partial charge in [-0.15, -0.1) is 0 Å². The summed E-state index contributed by atoms with van der Waals surface area (Å²) in [5.41, 5.74) is -4.66. The van der Waals surface area contributed by atoms with Gasteiger partial charge in [-0.05, 0) is 16.4 Å². The van der Waals surface area contributed by atoms with Crippen LogP contribution < -0.4 is 10.6 Å². The SMILES string of the molecule is CC(C)(C)C(NC(=O)O)(C(C)(C)C)C(O)(Cc1ccccc1)C(O)CNC(=O)O. The van der Waals surface area contributed by atoms with E-state index in [1.165, 1.54) is 0 Å². The van der Waals surface area contributed by atoms with E-state index in [2.05, 4.69) is 10.6 Å². The maximum Gasteiger partial charge on any atom is 0.405 e. The zero-order valence-corrected chi connectivity index (χ0v) is 18.0. The van der Waals surface area contributed by atoms with Crippen LogP contribution in [-0.2, 0) is 6.42 Å². The zero-order valence-electron chi connectivity index (χ0n) is 18.0. The van der Waals surface area contributed by atoms with Crippen molar-refractivity contribution in [3.05, 3.63) is 35.9 Å². The Balaban J connectivity index is 3.78. The minimum absolute atomic E-state index is 0.0921. The second-order valence-electron chi connectivity index (χ2n) is 9.47. The smallest absolute Gasteiger partial charge is 0.405 e. The Morgan fingerprint density at radius 1 is 0.931 bits per heavy atom. The second kappa shape index (κ2) is 8.59. The van der Waals surface area contributed by atoms with Gasteiger partial charge in [-0.25, -0.2) is 9.59 Å². The maximum atomic E-state index is 12.1. The Morgan fingerprint density at radius 2 is 1.41 bits per heavy atom. The van der Waals surface area contributed by atoms with Crippen molar-refractivity contribution in [2.75, 3.05) is 6.54 Å². The number of benzene rings is 1. The van der Waals surface area contributed by atoms with Gasteiger partial charge in [0.25, 0.3) is 0 Å². The maximum absolute atomic E-state index is 12.1. The fourth-order valence-corrected chi connectivity index (χ4v) is 4.83. The van der Waals surface area contributed by atoms with Gasteiger partial charge in [0.1, 0.15) is 11.7 Å². The molecule has 0 aromatic heterocycles. The van der Waals surface area contributed by atoms with Crippen LogP contribution in [0, 0.1) is 10.8 Å². The van der Waals surface area contributed by atoms with E-state index in [1.807, 2.05) is 0 Å². The summed E-state index contributed by atoms with van der Waals surface area (Å²) >= 11 is 0. The summed E-state index contributed by atoms with van der Waals surface area (Å²) in [6, 6.07) is 8.88. The van der Waals surface area contributed by atoms with Crippen LogP contribution in [0.5, 0.6) is 0 Å². The number of rotatable bonds is 7. The first-order chi connectivity index (χ1) is 13.1. The third-order valence-corrected chi connectivity index (χ3v) is 5.51. The van der Waals surface area contributed by atoms with Crippen LogP contribution in [0.3, 0.4) is 0 Å². The first-order valence-corrected chi connectivity index (χ1v) is 9.51. The number of carboxylic acid groups (broad SMARTS) is 2. The molecule has 164 valence electrons. The quantitative estimate of drug-likeness (QED) is 0.408. The van der Waals surface area contributed by atoms with Gasteiger partial charge in [0.15, 0.2) is 0 Å². The molecule has 8 heteroatoms. The number of amides is 2. The highest BCUT2D eigenvalue weighted by Gasteiger charge is 2.66. The van der Waals surface area contributed by atoms with Gasteiger partial charge < -0.3 is 31.1 Å². The molecule has 0 heterocycles. The molecule has 0 radical (unpaired) electrons. The molecule has 1 aromatic rings. The number of nitrogens with one attached hydrogen (secondary N) is 2. The first kappa shape index (κ1) is 24.7. The minimum Gasteiger partial charge on any atom is -0.465 e. The van der Waals surface area contributed by atoms with Crippen LogP contribution in [0.15, 0.2) is 30.3 Å². The van der Waals surface area contributed by atoms with Crippen LogP contribution in [-0.4, -0.2) is 56.4 Å². The number of hydrogen-bond donors (Lipinski definition) is 6. The van der Waals surface area contributed by atoms with Gasteiger partial charge in [-0.3, -0.25) is 0 Å². The van der Waals surface area contributed by atoms with Crippen molar-refractivity contribution in [1.29, 1.82) is 0 Å². The number of aliphatic hydroxyl groups is 2. The molecular formula is C21H34N2O6. The monoisotopic (exact) mass is 410 g/mol. The van der Waals surface area contributed by atoms with Crippen molar-refractivity contribution in [2.24, 2.45) is 10.8 Å². The van der Waals surface area contributed by atoms with Crippen molar-refractivity contribution in [3.8, 4) is 0 Å². The van der Waals surface area contributed by atoms with Crippen LogP contribution in [0.25, 0.3) is 0 Å². The van der Waals surface area contributed by atoms with Crippen molar-refractivity contribution < 1.29 is 30.0 Å². The molecule has 2 amide bonds. The standard InChI is InChI=1S/C21H34N2O6/c1-18(2,3)21(19(4,5)6,23-17(27)28)20(29,15(24)13-22-16(25)26)12-14-10-8-7-9-11-14/h7-11,15,22-24,29H,12-13H2,1-6H3,(H,25,26)(H,27,28). The van der Waals surface area contributed by atoms with Crippen molar-refractivity contribution in [2.45, 2.75) is 65.2 Å².